The standard InChI is InChI=1S/C9H7ClN8OS/c10-8-16-6(5-7(17-8)13-2-12-5)11-1-4(19)15-9-18-14-3-20-9/h2-3H,1H2,(H,15,18,19)(H2,11,12,13,16,17). The number of imidazole rings is 1. The van der Waals surface area contributed by atoms with Gasteiger partial charge >= 0.3 is 0 Å². The molecule has 0 fully saturated rings. The first-order valence-corrected chi connectivity index (χ1v) is 6.64. The number of aromatic amines is 1. The van der Waals surface area contributed by atoms with Crippen LogP contribution in [0.2, 0.25) is 5.28 Å². The lowest BCUT2D eigenvalue weighted by Crippen LogP contribution is -2.22. The minimum atomic E-state index is -0.274. The summed E-state index contributed by atoms with van der Waals surface area (Å²) in [5, 5.41) is 13.3. The van der Waals surface area contributed by atoms with Crippen molar-refractivity contribution in [2.24, 2.45) is 0 Å². The highest BCUT2D eigenvalue weighted by atomic mass is 35.5. The molecule has 3 heterocycles. The third-order valence-electron chi connectivity index (χ3n) is 2.28. The molecule has 0 bridgehead atoms. The van der Waals surface area contributed by atoms with E-state index in [4.69, 9.17) is 11.6 Å². The summed E-state index contributed by atoms with van der Waals surface area (Å²) >= 11 is 7.01. The number of fused-ring (bicyclic) bond motifs is 1. The molecule has 3 rings (SSSR count). The molecule has 0 saturated heterocycles. The summed E-state index contributed by atoms with van der Waals surface area (Å²) in [7, 11) is 0. The molecule has 102 valence electrons. The number of carbonyl (C=O) groups is 1. The maximum atomic E-state index is 11.7. The normalized spacial score (nSPS) is 10.7. The molecule has 20 heavy (non-hydrogen) atoms. The van der Waals surface area contributed by atoms with Crippen molar-refractivity contribution in [3.05, 3.63) is 17.1 Å². The van der Waals surface area contributed by atoms with E-state index < -0.39 is 0 Å². The lowest BCUT2D eigenvalue weighted by Gasteiger charge is -2.05. The molecule has 0 aromatic carbocycles. The first-order chi connectivity index (χ1) is 9.72. The predicted molar refractivity (Wildman–Crippen MR) is 73.7 cm³/mol. The average Bonchev–Trinajstić information content (AvgIpc) is 3.06. The monoisotopic (exact) mass is 310 g/mol. The first-order valence-electron chi connectivity index (χ1n) is 5.39. The number of aromatic nitrogens is 6. The van der Waals surface area contributed by atoms with E-state index >= 15 is 0 Å². The zero-order valence-corrected chi connectivity index (χ0v) is 11.4. The van der Waals surface area contributed by atoms with Crippen LogP contribution in [0, 0.1) is 0 Å². The van der Waals surface area contributed by atoms with Crippen molar-refractivity contribution in [3.63, 3.8) is 0 Å². The van der Waals surface area contributed by atoms with Crippen LogP contribution in [-0.2, 0) is 4.79 Å². The molecule has 3 N–H and O–H groups in total. The molecule has 0 aliphatic carbocycles. The van der Waals surface area contributed by atoms with Gasteiger partial charge in [0.25, 0.3) is 0 Å². The molecule has 0 atom stereocenters. The molecule has 3 aromatic rings. The van der Waals surface area contributed by atoms with Gasteiger partial charge in [-0.3, -0.25) is 10.1 Å². The van der Waals surface area contributed by atoms with Crippen LogP contribution in [0.5, 0.6) is 0 Å². The minimum absolute atomic E-state index is 0.00103. The van der Waals surface area contributed by atoms with Crippen LogP contribution >= 0.6 is 22.9 Å². The van der Waals surface area contributed by atoms with Gasteiger partial charge in [-0.1, -0.05) is 11.3 Å². The number of H-pyrrole nitrogens is 1. The van der Waals surface area contributed by atoms with Crippen LogP contribution in [0.4, 0.5) is 10.9 Å². The molecule has 0 spiro atoms. The Hall–Kier alpha value is -2.33. The number of hydrogen-bond acceptors (Lipinski definition) is 8. The van der Waals surface area contributed by atoms with Crippen molar-refractivity contribution in [1.82, 2.24) is 30.1 Å². The highest BCUT2D eigenvalue weighted by Gasteiger charge is 2.10. The minimum Gasteiger partial charge on any atom is -0.359 e. The third kappa shape index (κ3) is 2.65. The van der Waals surface area contributed by atoms with Gasteiger partial charge in [-0.05, 0) is 11.6 Å². The first kappa shape index (κ1) is 12.7. The molecule has 11 heteroatoms. The van der Waals surface area contributed by atoms with Gasteiger partial charge in [0.15, 0.2) is 11.5 Å². The zero-order valence-electron chi connectivity index (χ0n) is 9.79. The smallest absolute Gasteiger partial charge is 0.245 e. The highest BCUT2D eigenvalue weighted by Crippen LogP contribution is 2.18. The van der Waals surface area contributed by atoms with E-state index in [0.717, 1.165) is 0 Å². The molecule has 0 aliphatic rings. The lowest BCUT2D eigenvalue weighted by molar-refractivity contribution is -0.114. The number of amides is 1. The maximum absolute atomic E-state index is 11.7. The van der Waals surface area contributed by atoms with Gasteiger partial charge in [-0.2, -0.15) is 9.97 Å². The Morgan fingerprint density at radius 1 is 1.45 bits per heavy atom. The van der Waals surface area contributed by atoms with Crippen molar-refractivity contribution in [1.29, 1.82) is 0 Å². The van der Waals surface area contributed by atoms with Gasteiger partial charge in [0, 0.05) is 0 Å². The molecule has 1 amide bonds. The number of nitrogens with one attached hydrogen (secondary N) is 3. The summed E-state index contributed by atoms with van der Waals surface area (Å²) in [5.74, 6) is 0.133. The Kier molecular flexibility index (Phi) is 3.39. The summed E-state index contributed by atoms with van der Waals surface area (Å²) in [6.45, 7) is 0.00103. The largest absolute Gasteiger partial charge is 0.359 e. The fraction of sp³-hybridized carbons (Fsp3) is 0.111. The Labute approximate surface area is 120 Å². The Morgan fingerprint density at radius 2 is 2.35 bits per heavy atom. The topological polar surface area (TPSA) is 121 Å². The molecular weight excluding hydrogens is 304 g/mol. The van der Waals surface area contributed by atoms with Crippen molar-refractivity contribution in [3.8, 4) is 0 Å². The summed E-state index contributed by atoms with van der Waals surface area (Å²) in [4.78, 5) is 26.5. The number of rotatable bonds is 4. The van der Waals surface area contributed by atoms with E-state index in [2.05, 4.69) is 40.8 Å². The number of anilines is 2. The van der Waals surface area contributed by atoms with Gasteiger partial charge in [-0.15, -0.1) is 10.2 Å². The van der Waals surface area contributed by atoms with Crippen LogP contribution in [0.15, 0.2) is 11.8 Å². The van der Waals surface area contributed by atoms with Gasteiger partial charge in [0.2, 0.25) is 16.3 Å². The highest BCUT2D eigenvalue weighted by molar-refractivity contribution is 7.13. The Balaban J connectivity index is 1.70. The average molecular weight is 311 g/mol. The van der Waals surface area contributed by atoms with E-state index in [0.29, 0.717) is 22.1 Å². The summed E-state index contributed by atoms with van der Waals surface area (Å²) in [5.41, 5.74) is 2.54. The fourth-order valence-electron chi connectivity index (χ4n) is 1.49. The molecule has 9 nitrogen and oxygen atoms in total. The molecule has 0 saturated carbocycles. The fourth-order valence-corrected chi connectivity index (χ4v) is 2.12. The molecule has 0 unspecified atom stereocenters. The van der Waals surface area contributed by atoms with Crippen LogP contribution in [-0.4, -0.2) is 42.6 Å². The number of hydrogen-bond donors (Lipinski definition) is 3. The van der Waals surface area contributed by atoms with Crippen molar-refractivity contribution in [2.75, 3.05) is 17.2 Å². The lowest BCUT2D eigenvalue weighted by atomic mass is 10.4. The molecular formula is C9H7ClN8OS. The second kappa shape index (κ2) is 5.35. The van der Waals surface area contributed by atoms with Crippen LogP contribution in [0.3, 0.4) is 0 Å². The molecule has 3 aromatic heterocycles. The Bertz CT molecular complexity index is 742. The number of carbonyl (C=O) groups excluding carboxylic acids is 1. The zero-order chi connectivity index (χ0) is 13.9. The van der Waals surface area contributed by atoms with Gasteiger partial charge in [0.1, 0.15) is 11.0 Å². The number of nitrogens with zero attached hydrogens (tertiary/aromatic N) is 5. The predicted octanol–water partition coefficient (Wildman–Crippen LogP) is 0.908. The quantitative estimate of drug-likeness (QED) is 0.612. The van der Waals surface area contributed by atoms with E-state index in [1.807, 2.05) is 0 Å². The summed E-state index contributed by atoms with van der Waals surface area (Å²) in [6, 6.07) is 0. The third-order valence-corrected chi connectivity index (χ3v) is 3.06. The van der Waals surface area contributed by atoms with Crippen LogP contribution in [0.1, 0.15) is 0 Å². The van der Waals surface area contributed by atoms with Gasteiger partial charge in [-0.25, -0.2) is 4.98 Å². The van der Waals surface area contributed by atoms with Crippen molar-refractivity contribution in [2.45, 2.75) is 0 Å². The van der Waals surface area contributed by atoms with Gasteiger partial charge in [0.05, 0.1) is 12.9 Å². The van der Waals surface area contributed by atoms with Crippen molar-refractivity contribution >= 4 is 51.0 Å². The van der Waals surface area contributed by atoms with Crippen LogP contribution in [0.25, 0.3) is 11.2 Å². The van der Waals surface area contributed by atoms with Crippen LogP contribution < -0.4 is 10.6 Å². The van der Waals surface area contributed by atoms with E-state index in [1.54, 1.807) is 0 Å². The molecule has 0 aliphatic heterocycles. The van der Waals surface area contributed by atoms with E-state index in [1.165, 1.54) is 23.2 Å². The summed E-state index contributed by atoms with van der Waals surface area (Å²) in [6.07, 6.45) is 1.47. The van der Waals surface area contributed by atoms with E-state index in [9.17, 15) is 4.79 Å². The van der Waals surface area contributed by atoms with E-state index in [-0.39, 0.29) is 17.7 Å². The second-order valence-electron chi connectivity index (χ2n) is 3.59. The number of halogens is 1. The van der Waals surface area contributed by atoms with Crippen molar-refractivity contribution < 1.29 is 4.79 Å². The maximum Gasteiger partial charge on any atom is 0.245 e. The van der Waals surface area contributed by atoms with Gasteiger partial charge < -0.3 is 10.3 Å². The SMILES string of the molecule is O=C(CNc1nc(Cl)nc2nc[nH]c12)Nc1nncs1. The molecule has 0 radical (unpaired) electrons. The Morgan fingerprint density at radius 3 is 3.15 bits per heavy atom. The second-order valence-corrected chi connectivity index (χ2v) is 4.76. The summed E-state index contributed by atoms with van der Waals surface area (Å²) < 4.78 is 0.